The summed E-state index contributed by atoms with van der Waals surface area (Å²) in [6.07, 6.45) is 1.78. The van der Waals surface area contributed by atoms with Crippen molar-refractivity contribution in [1.82, 2.24) is 14.8 Å². The maximum Gasteiger partial charge on any atom is 0.273 e. The van der Waals surface area contributed by atoms with Gasteiger partial charge in [-0.2, -0.15) is 0 Å². The molecule has 2 amide bonds. The van der Waals surface area contributed by atoms with E-state index in [0.29, 0.717) is 31.9 Å². The van der Waals surface area contributed by atoms with Crippen LogP contribution in [0.15, 0.2) is 35.7 Å². The number of hydrogen-bond acceptors (Lipinski definition) is 4. The van der Waals surface area contributed by atoms with E-state index in [1.807, 2.05) is 23.6 Å². The van der Waals surface area contributed by atoms with E-state index in [-0.39, 0.29) is 11.8 Å². The van der Waals surface area contributed by atoms with Crippen molar-refractivity contribution >= 4 is 23.2 Å². The van der Waals surface area contributed by atoms with E-state index >= 15 is 0 Å². The number of aryl methyl sites for hydroxylation is 2. The average molecular weight is 343 g/mol. The molecule has 1 aromatic heterocycles. The van der Waals surface area contributed by atoms with Gasteiger partial charge in [0.1, 0.15) is 5.69 Å². The van der Waals surface area contributed by atoms with E-state index in [1.54, 1.807) is 28.1 Å². The Morgan fingerprint density at radius 3 is 2.38 bits per heavy atom. The third kappa shape index (κ3) is 4.00. The van der Waals surface area contributed by atoms with Gasteiger partial charge in [-0.05, 0) is 12.0 Å². The third-order valence-electron chi connectivity index (χ3n) is 4.25. The first-order valence-corrected chi connectivity index (χ1v) is 9.04. The molecule has 2 aromatic rings. The van der Waals surface area contributed by atoms with E-state index in [4.69, 9.17) is 0 Å². The number of aromatic nitrogens is 1. The monoisotopic (exact) mass is 343 g/mol. The number of hydrogen-bond donors (Lipinski definition) is 0. The fourth-order valence-corrected chi connectivity index (χ4v) is 3.58. The Morgan fingerprint density at radius 2 is 1.71 bits per heavy atom. The van der Waals surface area contributed by atoms with Crippen molar-refractivity contribution in [2.45, 2.75) is 19.8 Å². The predicted molar refractivity (Wildman–Crippen MR) is 94.1 cm³/mol. The SMILES string of the molecule is CC(=O)N1CCN(C(=O)c2csc(CCc3ccccc3)n2)CC1. The summed E-state index contributed by atoms with van der Waals surface area (Å²) >= 11 is 1.54. The second kappa shape index (κ2) is 7.57. The number of thiazole rings is 1. The van der Waals surface area contributed by atoms with Gasteiger partial charge in [-0.25, -0.2) is 4.98 Å². The minimum absolute atomic E-state index is 0.0274. The van der Waals surface area contributed by atoms with E-state index in [1.165, 1.54) is 5.56 Å². The first-order chi connectivity index (χ1) is 11.6. The molecule has 126 valence electrons. The fraction of sp³-hybridized carbons (Fsp3) is 0.389. The van der Waals surface area contributed by atoms with E-state index in [2.05, 4.69) is 17.1 Å². The average Bonchev–Trinajstić information content (AvgIpc) is 3.09. The van der Waals surface area contributed by atoms with Gasteiger partial charge >= 0.3 is 0 Å². The van der Waals surface area contributed by atoms with Crippen LogP contribution < -0.4 is 0 Å². The molecule has 6 heteroatoms. The first kappa shape index (κ1) is 16.6. The second-order valence-corrected chi connectivity index (χ2v) is 6.85. The van der Waals surface area contributed by atoms with Gasteiger partial charge in [-0.3, -0.25) is 9.59 Å². The zero-order valence-electron chi connectivity index (χ0n) is 13.8. The minimum Gasteiger partial charge on any atom is -0.339 e. The van der Waals surface area contributed by atoms with Crippen molar-refractivity contribution in [3.05, 3.63) is 52.0 Å². The molecule has 0 atom stereocenters. The standard InChI is InChI=1S/C18H21N3O2S/c1-14(22)20-9-11-21(12-10-20)18(23)16-13-24-17(19-16)8-7-15-5-3-2-4-6-15/h2-6,13H,7-12H2,1H3. The molecule has 1 aromatic carbocycles. The number of rotatable bonds is 4. The lowest BCUT2D eigenvalue weighted by molar-refractivity contribution is -0.130. The van der Waals surface area contributed by atoms with Crippen LogP contribution in [0.4, 0.5) is 0 Å². The normalized spacial score (nSPS) is 14.7. The lowest BCUT2D eigenvalue weighted by Crippen LogP contribution is -2.50. The van der Waals surface area contributed by atoms with Crippen LogP contribution in [0.3, 0.4) is 0 Å². The molecule has 1 aliphatic rings. The highest BCUT2D eigenvalue weighted by molar-refractivity contribution is 7.09. The van der Waals surface area contributed by atoms with Crippen LogP contribution in [-0.2, 0) is 17.6 Å². The summed E-state index contributed by atoms with van der Waals surface area (Å²) in [6, 6.07) is 10.3. The lowest BCUT2D eigenvalue weighted by atomic mass is 10.1. The number of carbonyl (C=O) groups is 2. The molecule has 1 saturated heterocycles. The topological polar surface area (TPSA) is 53.5 Å². The zero-order valence-corrected chi connectivity index (χ0v) is 14.6. The van der Waals surface area contributed by atoms with Crippen molar-refractivity contribution in [3.8, 4) is 0 Å². The van der Waals surface area contributed by atoms with Crippen molar-refractivity contribution < 1.29 is 9.59 Å². The molecular weight excluding hydrogens is 322 g/mol. The van der Waals surface area contributed by atoms with Crippen LogP contribution in [0.1, 0.15) is 28.0 Å². The van der Waals surface area contributed by atoms with Gasteiger partial charge in [0.15, 0.2) is 0 Å². The third-order valence-corrected chi connectivity index (χ3v) is 5.16. The summed E-state index contributed by atoms with van der Waals surface area (Å²) in [5.74, 6) is 0.0411. The first-order valence-electron chi connectivity index (χ1n) is 8.16. The van der Waals surface area contributed by atoms with Gasteiger partial charge < -0.3 is 9.80 Å². The number of piperazine rings is 1. The number of carbonyl (C=O) groups excluding carboxylic acids is 2. The zero-order chi connectivity index (χ0) is 16.9. The van der Waals surface area contributed by atoms with E-state index < -0.39 is 0 Å². The molecule has 1 fully saturated rings. The molecule has 0 aliphatic carbocycles. The number of benzene rings is 1. The van der Waals surface area contributed by atoms with Crippen LogP contribution >= 0.6 is 11.3 Å². The molecule has 0 unspecified atom stereocenters. The highest BCUT2D eigenvalue weighted by Gasteiger charge is 2.24. The largest absolute Gasteiger partial charge is 0.339 e. The molecule has 0 N–H and O–H groups in total. The molecule has 5 nitrogen and oxygen atoms in total. The number of amides is 2. The Morgan fingerprint density at radius 1 is 1.04 bits per heavy atom. The quantitative estimate of drug-likeness (QED) is 0.855. The van der Waals surface area contributed by atoms with E-state index in [9.17, 15) is 9.59 Å². The van der Waals surface area contributed by atoms with Crippen LogP contribution in [0.2, 0.25) is 0 Å². The van der Waals surface area contributed by atoms with Crippen LogP contribution in [0, 0.1) is 0 Å². The van der Waals surface area contributed by atoms with Crippen LogP contribution in [0.5, 0.6) is 0 Å². The molecule has 24 heavy (non-hydrogen) atoms. The maximum atomic E-state index is 12.5. The van der Waals surface area contributed by atoms with Gasteiger partial charge in [-0.1, -0.05) is 30.3 Å². The smallest absolute Gasteiger partial charge is 0.273 e. The van der Waals surface area contributed by atoms with Gasteiger partial charge in [0.05, 0.1) is 5.01 Å². The van der Waals surface area contributed by atoms with Crippen molar-refractivity contribution in [3.63, 3.8) is 0 Å². The van der Waals surface area contributed by atoms with Gasteiger partial charge in [-0.15, -0.1) is 11.3 Å². The Kier molecular flexibility index (Phi) is 5.25. The highest BCUT2D eigenvalue weighted by Crippen LogP contribution is 2.16. The van der Waals surface area contributed by atoms with Crippen molar-refractivity contribution in [2.24, 2.45) is 0 Å². The lowest BCUT2D eigenvalue weighted by Gasteiger charge is -2.33. The Hall–Kier alpha value is -2.21. The molecular formula is C18H21N3O2S. The molecule has 1 aliphatic heterocycles. The summed E-state index contributed by atoms with van der Waals surface area (Å²) in [5, 5.41) is 2.84. The highest BCUT2D eigenvalue weighted by atomic mass is 32.1. The van der Waals surface area contributed by atoms with Crippen LogP contribution in [-0.4, -0.2) is 52.8 Å². The Bertz CT molecular complexity index is 706. The van der Waals surface area contributed by atoms with Crippen molar-refractivity contribution in [1.29, 1.82) is 0 Å². The summed E-state index contributed by atoms with van der Waals surface area (Å²) in [7, 11) is 0. The van der Waals surface area contributed by atoms with Gasteiger partial charge in [0.25, 0.3) is 5.91 Å². The maximum absolute atomic E-state index is 12.5. The Balaban J connectivity index is 1.55. The van der Waals surface area contributed by atoms with Gasteiger partial charge in [0, 0.05) is 44.9 Å². The molecule has 0 spiro atoms. The molecule has 0 saturated carbocycles. The summed E-state index contributed by atoms with van der Waals surface area (Å²) in [4.78, 5) is 31.9. The fourth-order valence-electron chi connectivity index (χ4n) is 2.81. The van der Waals surface area contributed by atoms with Gasteiger partial charge in [0.2, 0.25) is 5.91 Å². The Labute approximate surface area is 145 Å². The molecule has 3 rings (SSSR count). The second-order valence-electron chi connectivity index (χ2n) is 5.91. The predicted octanol–water partition coefficient (Wildman–Crippen LogP) is 2.23. The summed E-state index contributed by atoms with van der Waals surface area (Å²) < 4.78 is 0. The summed E-state index contributed by atoms with van der Waals surface area (Å²) in [6.45, 7) is 3.93. The van der Waals surface area contributed by atoms with Crippen LogP contribution in [0.25, 0.3) is 0 Å². The molecule has 0 bridgehead atoms. The van der Waals surface area contributed by atoms with Crippen molar-refractivity contribution in [2.75, 3.05) is 26.2 Å². The van der Waals surface area contributed by atoms with E-state index in [0.717, 1.165) is 17.8 Å². The summed E-state index contributed by atoms with van der Waals surface area (Å²) in [5.41, 5.74) is 1.81. The molecule has 2 heterocycles. The minimum atomic E-state index is -0.0274. The molecule has 0 radical (unpaired) electrons. The number of nitrogens with zero attached hydrogens (tertiary/aromatic N) is 3.